The predicted molar refractivity (Wildman–Crippen MR) is 36.7 cm³/mol. The van der Waals surface area contributed by atoms with Crippen LogP contribution in [0.15, 0.2) is 0 Å². The van der Waals surface area contributed by atoms with Gasteiger partial charge in [-0.15, -0.1) is 12.4 Å². The summed E-state index contributed by atoms with van der Waals surface area (Å²) in [6.45, 7) is 1.05. The van der Waals surface area contributed by atoms with Gasteiger partial charge in [0.2, 0.25) is 0 Å². The predicted octanol–water partition coefficient (Wildman–Crippen LogP) is -0.483. The van der Waals surface area contributed by atoms with Gasteiger partial charge in [-0.2, -0.15) is 0 Å². The Morgan fingerprint density at radius 1 is 1.44 bits per heavy atom. The molecule has 0 amide bonds. The summed E-state index contributed by atoms with van der Waals surface area (Å²) in [6, 6.07) is 0.0405. The first-order valence-electron chi connectivity index (χ1n) is 2.80. The molecule has 0 aromatic rings. The molecule has 1 aliphatic rings. The van der Waals surface area contributed by atoms with Crippen molar-refractivity contribution in [1.82, 2.24) is 0 Å². The minimum absolute atomic E-state index is 0. The lowest BCUT2D eigenvalue weighted by Crippen LogP contribution is -2.38. The van der Waals surface area contributed by atoms with E-state index in [0.29, 0.717) is 19.6 Å². The van der Waals surface area contributed by atoms with E-state index in [1.165, 1.54) is 0 Å². The average Bonchev–Trinajstić information content (AvgIpc) is 1.64. The molecule has 0 bridgehead atoms. The van der Waals surface area contributed by atoms with Crippen LogP contribution in [-0.4, -0.2) is 30.5 Å². The first-order valence-corrected chi connectivity index (χ1v) is 2.80. The Bertz CT molecular complexity index is 73.4. The summed E-state index contributed by atoms with van der Waals surface area (Å²) in [4.78, 5) is 0. The number of aliphatic hydroxyl groups is 1. The van der Waals surface area contributed by atoms with E-state index in [1.807, 2.05) is 0 Å². The van der Waals surface area contributed by atoms with Crippen molar-refractivity contribution in [2.45, 2.75) is 18.6 Å². The molecule has 1 fully saturated rings. The van der Waals surface area contributed by atoms with Gasteiger partial charge in [-0.25, -0.2) is 0 Å². The largest absolute Gasteiger partial charge is 0.391 e. The lowest BCUT2D eigenvalue weighted by molar-refractivity contribution is -0.0154. The Kier molecular flexibility index (Phi) is 4.14. The third-order valence-electron chi connectivity index (χ3n) is 1.22. The van der Waals surface area contributed by atoms with Crippen LogP contribution in [0.3, 0.4) is 0 Å². The fourth-order valence-corrected chi connectivity index (χ4v) is 0.841. The smallest absolute Gasteiger partial charge is 0.0789 e. The Morgan fingerprint density at radius 3 is 2.44 bits per heavy atom. The van der Waals surface area contributed by atoms with Crippen LogP contribution in [0.1, 0.15) is 6.42 Å². The summed E-state index contributed by atoms with van der Waals surface area (Å²) < 4.78 is 4.92. The van der Waals surface area contributed by atoms with Crippen molar-refractivity contribution in [3.63, 3.8) is 0 Å². The normalized spacial score (nSPS) is 35.3. The average molecular weight is 154 g/mol. The van der Waals surface area contributed by atoms with Crippen LogP contribution < -0.4 is 5.73 Å². The molecule has 0 aromatic heterocycles. The number of rotatable bonds is 0. The fraction of sp³-hybridized carbons (Fsp3) is 1.00. The number of halogens is 1. The molecule has 0 saturated carbocycles. The van der Waals surface area contributed by atoms with Gasteiger partial charge in [-0.1, -0.05) is 0 Å². The van der Waals surface area contributed by atoms with Crippen LogP contribution in [0.25, 0.3) is 0 Å². The van der Waals surface area contributed by atoms with Gasteiger partial charge in [0.25, 0.3) is 0 Å². The van der Waals surface area contributed by atoms with E-state index in [4.69, 9.17) is 15.6 Å². The van der Waals surface area contributed by atoms with Gasteiger partial charge in [0, 0.05) is 6.04 Å². The summed E-state index contributed by atoms with van der Waals surface area (Å²) in [5.41, 5.74) is 5.44. The topological polar surface area (TPSA) is 55.5 Å². The highest BCUT2D eigenvalue weighted by molar-refractivity contribution is 5.85. The molecule has 1 rings (SSSR count). The van der Waals surface area contributed by atoms with Crippen LogP contribution in [0.2, 0.25) is 0 Å². The molecule has 0 unspecified atom stereocenters. The zero-order valence-corrected chi connectivity index (χ0v) is 5.93. The Balaban J connectivity index is 0.000000640. The summed E-state index contributed by atoms with van der Waals surface area (Å²) in [7, 11) is 0. The monoisotopic (exact) mass is 153 g/mol. The van der Waals surface area contributed by atoms with E-state index in [9.17, 15) is 0 Å². The third kappa shape index (κ3) is 3.01. The SMILES string of the molecule is Cl.N[C@H]1COC[C@@H](O)C1. The molecule has 4 heteroatoms. The van der Waals surface area contributed by atoms with Gasteiger partial charge in [0.1, 0.15) is 0 Å². The molecule has 1 heterocycles. The second kappa shape index (κ2) is 4.06. The Hall–Kier alpha value is 0.170. The number of hydrogen-bond donors (Lipinski definition) is 2. The van der Waals surface area contributed by atoms with E-state index < -0.39 is 0 Å². The Morgan fingerprint density at radius 2 is 2.11 bits per heavy atom. The van der Waals surface area contributed by atoms with E-state index in [2.05, 4.69) is 0 Å². The first kappa shape index (κ1) is 9.17. The minimum atomic E-state index is -0.334. The number of ether oxygens (including phenoxy) is 1. The molecule has 0 radical (unpaired) electrons. The van der Waals surface area contributed by atoms with Gasteiger partial charge >= 0.3 is 0 Å². The second-order valence-electron chi connectivity index (χ2n) is 2.19. The van der Waals surface area contributed by atoms with Gasteiger partial charge < -0.3 is 15.6 Å². The quantitative estimate of drug-likeness (QED) is 0.494. The van der Waals surface area contributed by atoms with Crippen molar-refractivity contribution >= 4 is 12.4 Å². The summed E-state index contributed by atoms with van der Waals surface area (Å²) in [5, 5.41) is 8.87. The molecule has 0 aromatic carbocycles. The van der Waals surface area contributed by atoms with Crippen molar-refractivity contribution in [2.24, 2.45) is 5.73 Å². The van der Waals surface area contributed by atoms with E-state index in [-0.39, 0.29) is 24.6 Å². The summed E-state index contributed by atoms with van der Waals surface area (Å²) >= 11 is 0. The molecule has 2 atom stereocenters. The number of nitrogens with two attached hydrogens (primary N) is 1. The molecule has 3 nitrogen and oxygen atoms in total. The van der Waals surface area contributed by atoms with Gasteiger partial charge in [-0.05, 0) is 6.42 Å². The second-order valence-corrected chi connectivity index (χ2v) is 2.19. The van der Waals surface area contributed by atoms with Crippen LogP contribution in [0.4, 0.5) is 0 Å². The number of aliphatic hydroxyl groups excluding tert-OH is 1. The van der Waals surface area contributed by atoms with Crippen LogP contribution in [0, 0.1) is 0 Å². The molecule has 56 valence electrons. The molecular weight excluding hydrogens is 142 g/mol. The van der Waals surface area contributed by atoms with Gasteiger partial charge in [-0.3, -0.25) is 0 Å². The molecular formula is C5H12ClNO2. The van der Waals surface area contributed by atoms with Crippen LogP contribution in [0.5, 0.6) is 0 Å². The summed E-state index contributed by atoms with van der Waals surface area (Å²) in [6.07, 6.45) is 0.346. The molecule has 3 N–H and O–H groups in total. The Labute approximate surface area is 60.6 Å². The van der Waals surface area contributed by atoms with E-state index >= 15 is 0 Å². The van der Waals surface area contributed by atoms with E-state index in [0.717, 1.165) is 0 Å². The first-order chi connectivity index (χ1) is 3.79. The fourth-order valence-electron chi connectivity index (χ4n) is 0.841. The molecule has 0 spiro atoms. The minimum Gasteiger partial charge on any atom is -0.391 e. The third-order valence-corrected chi connectivity index (χ3v) is 1.22. The van der Waals surface area contributed by atoms with Crippen molar-refractivity contribution in [3.8, 4) is 0 Å². The number of hydrogen-bond acceptors (Lipinski definition) is 3. The van der Waals surface area contributed by atoms with Crippen molar-refractivity contribution < 1.29 is 9.84 Å². The lowest BCUT2D eigenvalue weighted by atomic mass is 10.1. The summed E-state index contributed by atoms with van der Waals surface area (Å²) in [5.74, 6) is 0. The maximum Gasteiger partial charge on any atom is 0.0789 e. The van der Waals surface area contributed by atoms with Crippen molar-refractivity contribution in [1.29, 1.82) is 0 Å². The van der Waals surface area contributed by atoms with Gasteiger partial charge in [0.05, 0.1) is 19.3 Å². The van der Waals surface area contributed by atoms with Gasteiger partial charge in [0.15, 0.2) is 0 Å². The maximum atomic E-state index is 8.87. The van der Waals surface area contributed by atoms with Crippen LogP contribution in [-0.2, 0) is 4.74 Å². The highest BCUT2D eigenvalue weighted by Gasteiger charge is 2.16. The lowest BCUT2D eigenvalue weighted by Gasteiger charge is -2.22. The highest BCUT2D eigenvalue weighted by atomic mass is 35.5. The molecule has 1 saturated heterocycles. The molecule has 0 aliphatic carbocycles. The van der Waals surface area contributed by atoms with E-state index in [1.54, 1.807) is 0 Å². The highest BCUT2D eigenvalue weighted by Crippen LogP contribution is 2.03. The maximum absolute atomic E-state index is 8.87. The zero-order chi connectivity index (χ0) is 5.98. The molecule has 1 aliphatic heterocycles. The standard InChI is InChI=1S/C5H11NO2.ClH/c6-4-1-5(7)3-8-2-4;/h4-5,7H,1-3,6H2;1H/t4-,5+;/m1./s1. The zero-order valence-electron chi connectivity index (χ0n) is 5.12. The van der Waals surface area contributed by atoms with Crippen LogP contribution >= 0.6 is 12.4 Å². The molecule has 9 heavy (non-hydrogen) atoms. The van der Waals surface area contributed by atoms with Crippen molar-refractivity contribution in [2.75, 3.05) is 13.2 Å². The van der Waals surface area contributed by atoms with Crippen molar-refractivity contribution in [3.05, 3.63) is 0 Å².